The first-order valence-corrected chi connectivity index (χ1v) is 4.80. The molecule has 0 amide bonds. The Balaban J connectivity index is 2.62. The van der Waals surface area contributed by atoms with E-state index in [2.05, 4.69) is 17.9 Å². The van der Waals surface area contributed by atoms with Gasteiger partial charge in [0.25, 0.3) is 0 Å². The van der Waals surface area contributed by atoms with Gasteiger partial charge in [0.05, 0.1) is 11.8 Å². The van der Waals surface area contributed by atoms with E-state index < -0.39 is 23.8 Å². The second-order valence-corrected chi connectivity index (χ2v) is 3.56. The van der Waals surface area contributed by atoms with Gasteiger partial charge in [-0.05, 0) is 24.0 Å². The number of hydrogen-bond donors (Lipinski definition) is 0. The molecule has 0 radical (unpaired) electrons. The van der Waals surface area contributed by atoms with Crippen LogP contribution in [0.2, 0.25) is 0 Å². The van der Waals surface area contributed by atoms with Crippen molar-refractivity contribution in [3.8, 4) is 0 Å². The molecule has 1 heterocycles. The van der Waals surface area contributed by atoms with Crippen LogP contribution in [-0.4, -0.2) is 11.9 Å². The number of hydrogen-bond acceptors (Lipinski definition) is 3. The van der Waals surface area contributed by atoms with Crippen molar-refractivity contribution in [2.24, 2.45) is 11.8 Å². The molecule has 0 N–H and O–H groups in total. The Kier molecular flexibility index (Phi) is 2.02. The first kappa shape index (κ1) is 8.65. The zero-order valence-corrected chi connectivity index (χ0v) is 8.29. The van der Waals surface area contributed by atoms with Gasteiger partial charge in [0.2, 0.25) is 0 Å². The summed E-state index contributed by atoms with van der Waals surface area (Å²) in [5.41, 5.74) is 1.25. The Labute approximate surface area is 89.5 Å². The summed E-state index contributed by atoms with van der Waals surface area (Å²) in [6.07, 6.45) is 4.14. The van der Waals surface area contributed by atoms with Gasteiger partial charge in [0.1, 0.15) is 0 Å². The molecule has 3 nitrogen and oxygen atoms in total. The average molecular weight is 205 g/mol. The third-order valence-electron chi connectivity index (χ3n) is 2.84. The molecule has 0 aromatic heterocycles. The van der Waals surface area contributed by atoms with Crippen LogP contribution in [0.1, 0.15) is 14.2 Å². The quantitative estimate of drug-likeness (QED) is 0.509. The topological polar surface area (TPSA) is 43.4 Å². The van der Waals surface area contributed by atoms with Gasteiger partial charge in [0.15, 0.2) is 0 Å². The smallest absolute Gasteiger partial charge is 0.321 e. The van der Waals surface area contributed by atoms with E-state index in [9.17, 15) is 9.59 Å². The maximum atomic E-state index is 11.6. The number of ether oxygens (including phenoxy) is 1. The lowest BCUT2D eigenvalue weighted by Gasteiger charge is -2.23. The number of carbonyl (C=O) groups excluding carboxylic acids is 2. The molecular weight excluding hydrogens is 192 g/mol. The SMILES string of the molecule is [2H]C12C(=O)OC(=O)C1CCC(C=C)=C2C=C. The fourth-order valence-corrected chi connectivity index (χ4v) is 2.10. The van der Waals surface area contributed by atoms with Gasteiger partial charge in [-0.2, -0.15) is 0 Å². The first-order valence-electron chi connectivity index (χ1n) is 5.30. The lowest BCUT2D eigenvalue weighted by Crippen LogP contribution is -2.24. The van der Waals surface area contributed by atoms with E-state index in [1.165, 1.54) is 6.08 Å². The highest BCUT2D eigenvalue weighted by Crippen LogP contribution is 2.41. The van der Waals surface area contributed by atoms with E-state index in [1.54, 1.807) is 6.08 Å². The van der Waals surface area contributed by atoms with Crippen molar-refractivity contribution in [2.75, 3.05) is 0 Å². The van der Waals surface area contributed by atoms with Crippen LogP contribution in [0.5, 0.6) is 0 Å². The molecular formula is C12H12O3. The molecule has 78 valence electrons. The van der Waals surface area contributed by atoms with Crippen molar-refractivity contribution in [2.45, 2.75) is 12.8 Å². The second kappa shape index (κ2) is 3.50. The van der Waals surface area contributed by atoms with Crippen molar-refractivity contribution in [3.63, 3.8) is 0 Å². The molecule has 15 heavy (non-hydrogen) atoms. The maximum Gasteiger partial charge on any atom is 0.321 e. The van der Waals surface area contributed by atoms with Crippen LogP contribution in [0.4, 0.5) is 0 Å². The van der Waals surface area contributed by atoms with Gasteiger partial charge in [-0.15, -0.1) is 0 Å². The van der Waals surface area contributed by atoms with Gasteiger partial charge in [0, 0.05) is 1.37 Å². The number of allylic oxidation sites excluding steroid dienone is 3. The van der Waals surface area contributed by atoms with Crippen molar-refractivity contribution in [1.82, 2.24) is 0 Å². The fraction of sp³-hybridized carbons (Fsp3) is 0.333. The van der Waals surface area contributed by atoms with Gasteiger partial charge in [-0.3, -0.25) is 9.59 Å². The number of esters is 2. The highest BCUT2D eigenvalue weighted by atomic mass is 16.6. The molecule has 2 aliphatic rings. The normalized spacial score (nSPS) is 35.7. The predicted octanol–water partition coefficient (Wildman–Crippen LogP) is 1.76. The van der Waals surface area contributed by atoms with E-state index in [4.69, 9.17) is 1.37 Å². The molecule has 0 bridgehead atoms. The molecule has 0 aromatic rings. The van der Waals surface area contributed by atoms with Crippen LogP contribution in [0.25, 0.3) is 0 Å². The van der Waals surface area contributed by atoms with Crippen molar-refractivity contribution < 1.29 is 15.7 Å². The summed E-state index contributed by atoms with van der Waals surface area (Å²) in [6.45, 7) is 7.25. The predicted molar refractivity (Wildman–Crippen MR) is 54.7 cm³/mol. The standard InChI is InChI=1S/C12H12O3/c1-3-7-5-6-9-10(8(7)4-2)12(14)15-11(9)13/h3-4,9-10H,1-2,5-6H2/i10D. The minimum absolute atomic E-state index is 0.451. The molecule has 1 aliphatic heterocycles. The summed E-state index contributed by atoms with van der Waals surface area (Å²) < 4.78 is 12.7. The highest BCUT2D eigenvalue weighted by Gasteiger charge is 2.47. The van der Waals surface area contributed by atoms with E-state index >= 15 is 0 Å². The second-order valence-electron chi connectivity index (χ2n) is 3.56. The maximum absolute atomic E-state index is 11.6. The van der Waals surface area contributed by atoms with Gasteiger partial charge in [-0.1, -0.05) is 25.3 Å². The summed E-state index contributed by atoms with van der Waals surface area (Å²) in [5.74, 6) is -3.70. The molecule has 1 fully saturated rings. The van der Waals surface area contributed by atoms with Crippen molar-refractivity contribution >= 4 is 11.9 Å². The number of fused-ring (bicyclic) bond motifs is 1. The lowest BCUT2D eigenvalue weighted by atomic mass is 9.76. The molecule has 2 unspecified atom stereocenters. The third kappa shape index (κ3) is 1.35. The Hall–Kier alpha value is -1.64. The zero-order valence-electron chi connectivity index (χ0n) is 9.29. The van der Waals surface area contributed by atoms with E-state index in [1.807, 2.05) is 0 Å². The molecule has 0 saturated carbocycles. The number of rotatable bonds is 2. The van der Waals surface area contributed by atoms with Crippen molar-refractivity contribution in [3.05, 3.63) is 36.5 Å². The molecule has 2 rings (SSSR count). The Morgan fingerprint density at radius 3 is 2.67 bits per heavy atom. The number of carbonyl (C=O) groups is 2. The summed E-state index contributed by atoms with van der Waals surface area (Å²) in [7, 11) is 0. The van der Waals surface area contributed by atoms with E-state index in [0.29, 0.717) is 18.4 Å². The van der Waals surface area contributed by atoms with E-state index in [-0.39, 0.29) is 0 Å². The lowest BCUT2D eigenvalue weighted by molar-refractivity contribution is -0.153. The molecule has 0 aromatic carbocycles. The van der Waals surface area contributed by atoms with E-state index in [0.717, 1.165) is 5.57 Å². The highest BCUT2D eigenvalue weighted by molar-refractivity contribution is 5.99. The summed E-state index contributed by atoms with van der Waals surface area (Å²) in [6, 6.07) is 0. The Morgan fingerprint density at radius 2 is 2.07 bits per heavy atom. The van der Waals surface area contributed by atoms with Crippen LogP contribution < -0.4 is 0 Å². The molecule has 2 atom stereocenters. The minimum atomic E-state index is -1.61. The Morgan fingerprint density at radius 1 is 1.33 bits per heavy atom. The average Bonchev–Trinajstić information content (AvgIpc) is 2.49. The number of cyclic esters (lactones) is 2. The first-order chi connectivity index (χ1) is 7.55. The summed E-state index contributed by atoms with van der Waals surface area (Å²) in [5, 5.41) is 0. The fourth-order valence-electron chi connectivity index (χ4n) is 2.10. The zero-order chi connectivity index (χ0) is 11.9. The monoisotopic (exact) mass is 205 g/mol. The molecule has 1 saturated heterocycles. The summed E-state index contributed by atoms with van der Waals surface area (Å²) >= 11 is 0. The van der Waals surface area contributed by atoms with Crippen molar-refractivity contribution in [1.29, 1.82) is 0 Å². The molecule has 0 spiro atoms. The minimum Gasteiger partial charge on any atom is -0.392 e. The molecule has 1 aliphatic carbocycles. The summed E-state index contributed by atoms with van der Waals surface area (Å²) in [4.78, 5) is 23.1. The van der Waals surface area contributed by atoms with Gasteiger partial charge >= 0.3 is 11.9 Å². The molecule has 3 heteroatoms. The van der Waals surface area contributed by atoms with Crippen LogP contribution in [0.15, 0.2) is 36.5 Å². The van der Waals surface area contributed by atoms with Gasteiger partial charge < -0.3 is 4.74 Å². The van der Waals surface area contributed by atoms with Crippen LogP contribution in [-0.2, 0) is 14.3 Å². The van der Waals surface area contributed by atoms with Crippen LogP contribution >= 0.6 is 0 Å². The van der Waals surface area contributed by atoms with Gasteiger partial charge in [-0.25, -0.2) is 0 Å². The largest absolute Gasteiger partial charge is 0.392 e. The van der Waals surface area contributed by atoms with Crippen LogP contribution in [0, 0.1) is 11.8 Å². The third-order valence-corrected chi connectivity index (χ3v) is 2.84. The Bertz CT molecular complexity index is 436. The van der Waals surface area contributed by atoms with Crippen LogP contribution in [0.3, 0.4) is 0 Å².